The Hall–Kier alpha value is -2.00. The van der Waals surface area contributed by atoms with E-state index >= 15 is 0 Å². The van der Waals surface area contributed by atoms with Gasteiger partial charge in [-0.2, -0.15) is 0 Å². The van der Waals surface area contributed by atoms with Gasteiger partial charge < -0.3 is 14.7 Å². The molecule has 0 aromatic heterocycles. The molecule has 26 heavy (non-hydrogen) atoms. The Morgan fingerprint density at radius 2 is 1.88 bits per heavy atom. The number of nitrogens with zero attached hydrogens (tertiary/aromatic N) is 1. The summed E-state index contributed by atoms with van der Waals surface area (Å²) in [4.78, 5) is 14.3. The van der Waals surface area contributed by atoms with Crippen molar-refractivity contribution in [1.82, 2.24) is 0 Å². The molecule has 1 aliphatic rings. The summed E-state index contributed by atoms with van der Waals surface area (Å²) in [5.41, 5.74) is 1.15. The minimum Gasteiger partial charge on any atom is -0.505 e. The van der Waals surface area contributed by atoms with E-state index in [1.807, 2.05) is 0 Å². The van der Waals surface area contributed by atoms with Gasteiger partial charge in [0.25, 0.3) is 5.91 Å². The van der Waals surface area contributed by atoms with Crippen molar-refractivity contribution in [1.29, 1.82) is 0 Å². The quantitative estimate of drug-likeness (QED) is 0.798. The summed E-state index contributed by atoms with van der Waals surface area (Å²) >= 11 is 11.8. The van der Waals surface area contributed by atoms with Crippen molar-refractivity contribution in [3.8, 4) is 11.5 Å². The van der Waals surface area contributed by atoms with E-state index in [0.717, 1.165) is 0 Å². The molecule has 0 aliphatic carbocycles. The van der Waals surface area contributed by atoms with Gasteiger partial charge in [-0.05, 0) is 29.8 Å². The van der Waals surface area contributed by atoms with E-state index in [1.54, 1.807) is 12.1 Å². The maximum absolute atomic E-state index is 12.8. The summed E-state index contributed by atoms with van der Waals surface area (Å²) < 4.78 is 28.0. The Morgan fingerprint density at radius 1 is 1.23 bits per heavy atom. The van der Waals surface area contributed by atoms with Crippen LogP contribution in [0, 0.1) is 0 Å². The van der Waals surface area contributed by atoms with Crippen LogP contribution >= 0.6 is 23.2 Å². The van der Waals surface area contributed by atoms with E-state index in [1.165, 1.54) is 23.1 Å². The summed E-state index contributed by atoms with van der Waals surface area (Å²) in [5.74, 6) is -0.625. The van der Waals surface area contributed by atoms with E-state index in [9.17, 15) is 18.3 Å². The number of nitrogens with two attached hydrogens (primary N) is 1. The van der Waals surface area contributed by atoms with Crippen LogP contribution in [0.2, 0.25) is 10.0 Å². The SMILES string of the molecule is NS(=O)(=O)Cc1ccc2c(c1)OCCN2C(=O)c1cc(Cl)c(O)c(Cl)c1. The Labute approximate surface area is 159 Å². The molecular formula is C16H14Cl2N2O5S. The number of halogens is 2. The molecule has 0 radical (unpaired) electrons. The number of phenols is 1. The monoisotopic (exact) mass is 416 g/mol. The lowest BCUT2D eigenvalue weighted by molar-refractivity contribution is 0.0976. The van der Waals surface area contributed by atoms with E-state index in [2.05, 4.69) is 0 Å². The second kappa shape index (κ2) is 6.96. The molecule has 1 heterocycles. The summed E-state index contributed by atoms with van der Waals surface area (Å²) in [7, 11) is -3.68. The number of anilines is 1. The highest BCUT2D eigenvalue weighted by Crippen LogP contribution is 2.36. The lowest BCUT2D eigenvalue weighted by atomic mass is 10.1. The van der Waals surface area contributed by atoms with E-state index in [4.69, 9.17) is 33.1 Å². The molecule has 3 rings (SSSR count). The number of amides is 1. The Bertz CT molecular complexity index is 971. The minimum atomic E-state index is -3.68. The van der Waals surface area contributed by atoms with Gasteiger partial charge in [0.05, 0.1) is 28.0 Å². The van der Waals surface area contributed by atoms with Gasteiger partial charge in [-0.25, -0.2) is 13.6 Å². The van der Waals surface area contributed by atoms with Crippen molar-refractivity contribution in [3.63, 3.8) is 0 Å². The van der Waals surface area contributed by atoms with Crippen LogP contribution < -0.4 is 14.8 Å². The second-order valence-corrected chi connectivity index (χ2v) is 8.13. The number of hydrogen-bond donors (Lipinski definition) is 2. The molecule has 0 fully saturated rings. The minimum absolute atomic E-state index is 0.0298. The number of carbonyl (C=O) groups is 1. The predicted molar refractivity (Wildman–Crippen MR) is 98.6 cm³/mol. The number of fused-ring (bicyclic) bond motifs is 1. The first-order valence-electron chi connectivity index (χ1n) is 7.42. The highest BCUT2D eigenvalue weighted by molar-refractivity contribution is 7.88. The summed E-state index contributed by atoms with van der Waals surface area (Å²) in [6.45, 7) is 0.521. The zero-order valence-electron chi connectivity index (χ0n) is 13.3. The molecule has 0 saturated heterocycles. The summed E-state index contributed by atoms with van der Waals surface area (Å²) in [6.07, 6.45) is 0. The Balaban J connectivity index is 1.95. The van der Waals surface area contributed by atoms with Crippen LogP contribution in [0.25, 0.3) is 0 Å². The van der Waals surface area contributed by atoms with Crippen LogP contribution in [-0.4, -0.2) is 32.6 Å². The molecule has 7 nitrogen and oxygen atoms in total. The number of rotatable bonds is 3. The zero-order valence-corrected chi connectivity index (χ0v) is 15.6. The van der Waals surface area contributed by atoms with E-state index in [0.29, 0.717) is 17.0 Å². The number of sulfonamides is 1. The number of primary sulfonamides is 1. The number of ether oxygens (including phenoxy) is 1. The lowest BCUT2D eigenvalue weighted by Gasteiger charge is -2.30. The van der Waals surface area contributed by atoms with Gasteiger partial charge in [0.15, 0.2) is 5.75 Å². The zero-order chi connectivity index (χ0) is 19.1. The molecule has 2 aromatic carbocycles. The van der Waals surface area contributed by atoms with Gasteiger partial charge in [0, 0.05) is 5.56 Å². The predicted octanol–water partition coefficient (Wildman–Crippen LogP) is 2.53. The third kappa shape index (κ3) is 3.88. The smallest absolute Gasteiger partial charge is 0.258 e. The van der Waals surface area contributed by atoms with Crippen LogP contribution in [0.15, 0.2) is 30.3 Å². The van der Waals surface area contributed by atoms with E-state index < -0.39 is 10.0 Å². The van der Waals surface area contributed by atoms with Crippen LogP contribution in [-0.2, 0) is 15.8 Å². The van der Waals surface area contributed by atoms with Gasteiger partial charge in [-0.15, -0.1) is 0 Å². The van der Waals surface area contributed by atoms with Gasteiger partial charge in [-0.3, -0.25) is 4.79 Å². The molecule has 2 aromatic rings. The Morgan fingerprint density at radius 3 is 2.50 bits per heavy atom. The number of aromatic hydroxyl groups is 1. The first-order valence-corrected chi connectivity index (χ1v) is 9.89. The topological polar surface area (TPSA) is 110 Å². The molecule has 0 atom stereocenters. The van der Waals surface area contributed by atoms with E-state index in [-0.39, 0.29) is 46.2 Å². The van der Waals surface area contributed by atoms with Crippen molar-refractivity contribution < 1.29 is 23.1 Å². The van der Waals surface area contributed by atoms with Crippen molar-refractivity contribution in [2.75, 3.05) is 18.1 Å². The molecule has 1 aliphatic heterocycles. The van der Waals surface area contributed by atoms with Crippen LogP contribution in [0.3, 0.4) is 0 Å². The normalized spacial score (nSPS) is 13.9. The maximum atomic E-state index is 12.8. The van der Waals surface area contributed by atoms with Crippen LogP contribution in [0.5, 0.6) is 11.5 Å². The molecule has 138 valence electrons. The molecule has 0 unspecified atom stereocenters. The fourth-order valence-corrected chi connectivity index (χ4v) is 3.77. The number of phenolic OH excluding ortho intramolecular Hbond substituents is 1. The molecule has 3 N–H and O–H groups in total. The molecule has 0 saturated carbocycles. The van der Waals surface area contributed by atoms with Gasteiger partial charge in [0.1, 0.15) is 12.4 Å². The van der Waals surface area contributed by atoms with Gasteiger partial charge in [-0.1, -0.05) is 29.3 Å². The third-order valence-corrected chi connectivity index (χ3v) is 5.08. The van der Waals surface area contributed by atoms with Gasteiger partial charge in [0.2, 0.25) is 10.0 Å². The standard InChI is InChI=1S/C16H14Cl2N2O5S/c17-11-6-10(7-12(18)15(11)21)16(22)20-3-4-25-14-5-9(1-2-13(14)20)8-26(19,23)24/h1-2,5-7,21H,3-4,8H2,(H2,19,23,24). The first kappa shape index (κ1) is 18.8. The van der Waals surface area contributed by atoms with Crippen LogP contribution in [0.1, 0.15) is 15.9 Å². The largest absolute Gasteiger partial charge is 0.505 e. The highest BCUT2D eigenvalue weighted by atomic mass is 35.5. The van der Waals surface area contributed by atoms with Crippen molar-refractivity contribution in [2.24, 2.45) is 5.14 Å². The average molecular weight is 417 g/mol. The number of carbonyl (C=O) groups excluding carboxylic acids is 1. The molecule has 1 amide bonds. The average Bonchev–Trinajstić information content (AvgIpc) is 2.56. The number of benzene rings is 2. The lowest BCUT2D eigenvalue weighted by Crippen LogP contribution is -2.38. The molecular weight excluding hydrogens is 403 g/mol. The second-order valence-electron chi connectivity index (χ2n) is 5.70. The fraction of sp³-hybridized carbons (Fsp3) is 0.188. The summed E-state index contributed by atoms with van der Waals surface area (Å²) in [5, 5.41) is 14.6. The van der Waals surface area contributed by atoms with Crippen molar-refractivity contribution in [2.45, 2.75) is 5.75 Å². The van der Waals surface area contributed by atoms with Crippen molar-refractivity contribution in [3.05, 3.63) is 51.5 Å². The maximum Gasteiger partial charge on any atom is 0.258 e. The number of hydrogen-bond acceptors (Lipinski definition) is 5. The third-order valence-electron chi connectivity index (χ3n) is 3.76. The molecule has 10 heteroatoms. The van der Waals surface area contributed by atoms with Crippen molar-refractivity contribution >= 4 is 44.8 Å². The van der Waals surface area contributed by atoms with Gasteiger partial charge >= 0.3 is 0 Å². The summed E-state index contributed by atoms with van der Waals surface area (Å²) in [6, 6.07) is 7.35. The first-order chi connectivity index (χ1) is 12.2. The fourth-order valence-electron chi connectivity index (χ4n) is 2.64. The Kier molecular flexibility index (Phi) is 5.03. The highest BCUT2D eigenvalue weighted by Gasteiger charge is 2.26. The van der Waals surface area contributed by atoms with Crippen LogP contribution in [0.4, 0.5) is 5.69 Å². The molecule has 0 spiro atoms. The molecule has 0 bridgehead atoms.